The van der Waals surface area contributed by atoms with Crippen LogP contribution in [0.4, 0.5) is 0 Å². The first-order valence-electron chi connectivity index (χ1n) is 5.88. The minimum absolute atomic E-state index is 0.125. The van der Waals surface area contributed by atoms with Crippen molar-refractivity contribution in [3.63, 3.8) is 0 Å². The highest BCUT2D eigenvalue weighted by Gasteiger charge is 2.18. The zero-order valence-electron chi connectivity index (χ0n) is 10.8. The molecule has 0 aliphatic carbocycles. The molecule has 1 aromatic rings. The smallest absolute Gasteiger partial charge is 0.122 e. The SMILES string of the molecule is CCc1ccc(OC)c(CC(C)(C)CN)c1. The minimum atomic E-state index is 0.125. The summed E-state index contributed by atoms with van der Waals surface area (Å²) in [6, 6.07) is 6.41. The topological polar surface area (TPSA) is 35.2 Å². The first-order chi connectivity index (χ1) is 7.52. The predicted molar refractivity (Wildman–Crippen MR) is 68.9 cm³/mol. The van der Waals surface area contributed by atoms with E-state index in [1.54, 1.807) is 7.11 Å². The monoisotopic (exact) mass is 221 g/mol. The molecule has 0 atom stereocenters. The Labute approximate surface area is 98.8 Å². The average Bonchev–Trinajstić information content (AvgIpc) is 2.28. The van der Waals surface area contributed by atoms with E-state index in [2.05, 4.69) is 39.0 Å². The molecule has 2 nitrogen and oxygen atoms in total. The molecule has 2 N–H and O–H groups in total. The second kappa shape index (κ2) is 5.35. The van der Waals surface area contributed by atoms with E-state index >= 15 is 0 Å². The zero-order chi connectivity index (χ0) is 12.2. The van der Waals surface area contributed by atoms with Gasteiger partial charge in [0.2, 0.25) is 0 Å². The zero-order valence-corrected chi connectivity index (χ0v) is 10.8. The molecule has 0 saturated heterocycles. The Morgan fingerprint density at radius 1 is 1.31 bits per heavy atom. The van der Waals surface area contributed by atoms with Crippen molar-refractivity contribution in [3.8, 4) is 5.75 Å². The van der Waals surface area contributed by atoms with Gasteiger partial charge in [-0.1, -0.05) is 32.9 Å². The molecule has 0 radical (unpaired) electrons. The van der Waals surface area contributed by atoms with Gasteiger partial charge in [0.15, 0.2) is 0 Å². The van der Waals surface area contributed by atoms with Gasteiger partial charge in [-0.15, -0.1) is 0 Å². The summed E-state index contributed by atoms with van der Waals surface area (Å²) in [5.41, 5.74) is 8.51. The first-order valence-corrected chi connectivity index (χ1v) is 5.88. The number of ether oxygens (including phenoxy) is 1. The van der Waals surface area contributed by atoms with Crippen molar-refractivity contribution in [2.75, 3.05) is 13.7 Å². The third kappa shape index (κ3) is 3.24. The molecule has 0 saturated carbocycles. The van der Waals surface area contributed by atoms with Crippen molar-refractivity contribution in [2.45, 2.75) is 33.6 Å². The summed E-state index contributed by atoms with van der Waals surface area (Å²) in [4.78, 5) is 0. The van der Waals surface area contributed by atoms with Crippen molar-refractivity contribution < 1.29 is 4.74 Å². The maximum atomic E-state index is 5.78. The summed E-state index contributed by atoms with van der Waals surface area (Å²) in [6.45, 7) is 7.22. The molecule has 1 aromatic carbocycles. The normalized spacial score (nSPS) is 11.6. The third-order valence-electron chi connectivity index (χ3n) is 2.97. The molecular weight excluding hydrogens is 198 g/mol. The van der Waals surface area contributed by atoms with Gasteiger partial charge in [0, 0.05) is 0 Å². The van der Waals surface area contributed by atoms with Crippen LogP contribution in [0.3, 0.4) is 0 Å². The minimum Gasteiger partial charge on any atom is -0.496 e. The largest absolute Gasteiger partial charge is 0.496 e. The van der Waals surface area contributed by atoms with Crippen LogP contribution in [0, 0.1) is 5.41 Å². The van der Waals surface area contributed by atoms with Gasteiger partial charge in [0.1, 0.15) is 5.75 Å². The van der Waals surface area contributed by atoms with Crippen molar-refractivity contribution in [3.05, 3.63) is 29.3 Å². The lowest BCUT2D eigenvalue weighted by molar-refractivity contribution is 0.359. The Balaban J connectivity index is 3.00. The maximum Gasteiger partial charge on any atom is 0.122 e. The van der Waals surface area contributed by atoms with E-state index in [0.29, 0.717) is 6.54 Å². The van der Waals surface area contributed by atoms with Crippen LogP contribution in [0.2, 0.25) is 0 Å². The van der Waals surface area contributed by atoms with Gasteiger partial charge in [-0.05, 0) is 42.0 Å². The van der Waals surface area contributed by atoms with Gasteiger partial charge in [0.05, 0.1) is 7.11 Å². The number of hydrogen-bond acceptors (Lipinski definition) is 2. The van der Waals surface area contributed by atoms with Crippen LogP contribution in [0.1, 0.15) is 31.9 Å². The van der Waals surface area contributed by atoms with E-state index in [4.69, 9.17) is 10.5 Å². The Morgan fingerprint density at radius 3 is 2.50 bits per heavy atom. The van der Waals surface area contributed by atoms with Crippen LogP contribution in [-0.2, 0) is 12.8 Å². The number of benzene rings is 1. The highest BCUT2D eigenvalue weighted by Crippen LogP contribution is 2.28. The van der Waals surface area contributed by atoms with Crippen LogP contribution < -0.4 is 10.5 Å². The van der Waals surface area contributed by atoms with Gasteiger partial charge in [-0.2, -0.15) is 0 Å². The molecule has 0 fully saturated rings. The average molecular weight is 221 g/mol. The van der Waals surface area contributed by atoms with Gasteiger partial charge >= 0.3 is 0 Å². The molecule has 90 valence electrons. The van der Waals surface area contributed by atoms with Crippen LogP contribution in [-0.4, -0.2) is 13.7 Å². The summed E-state index contributed by atoms with van der Waals surface area (Å²) in [5.74, 6) is 0.971. The van der Waals surface area contributed by atoms with Gasteiger partial charge < -0.3 is 10.5 Å². The number of nitrogens with two attached hydrogens (primary N) is 1. The summed E-state index contributed by atoms with van der Waals surface area (Å²) < 4.78 is 5.39. The quantitative estimate of drug-likeness (QED) is 0.829. The van der Waals surface area contributed by atoms with E-state index in [1.165, 1.54) is 11.1 Å². The Bertz CT molecular complexity index is 345. The van der Waals surface area contributed by atoms with Crippen LogP contribution >= 0.6 is 0 Å². The van der Waals surface area contributed by atoms with Crippen LogP contribution in [0.15, 0.2) is 18.2 Å². The highest BCUT2D eigenvalue weighted by molar-refractivity contribution is 5.38. The molecule has 0 spiro atoms. The summed E-state index contributed by atoms with van der Waals surface area (Å²) in [7, 11) is 1.72. The van der Waals surface area contributed by atoms with E-state index in [9.17, 15) is 0 Å². The van der Waals surface area contributed by atoms with Crippen molar-refractivity contribution in [2.24, 2.45) is 11.1 Å². The molecule has 2 heteroatoms. The van der Waals surface area contributed by atoms with Crippen molar-refractivity contribution >= 4 is 0 Å². The van der Waals surface area contributed by atoms with Crippen molar-refractivity contribution in [1.29, 1.82) is 0 Å². The summed E-state index contributed by atoms with van der Waals surface area (Å²) in [5, 5.41) is 0. The molecule has 1 rings (SSSR count). The fraction of sp³-hybridized carbons (Fsp3) is 0.571. The Morgan fingerprint density at radius 2 is 2.00 bits per heavy atom. The molecule has 0 bridgehead atoms. The lowest BCUT2D eigenvalue weighted by atomic mass is 9.85. The summed E-state index contributed by atoms with van der Waals surface area (Å²) in [6.07, 6.45) is 2.01. The van der Waals surface area contributed by atoms with Gasteiger partial charge in [-0.3, -0.25) is 0 Å². The fourth-order valence-corrected chi connectivity index (χ4v) is 1.78. The second-order valence-electron chi connectivity index (χ2n) is 5.04. The number of aryl methyl sites for hydroxylation is 1. The lowest BCUT2D eigenvalue weighted by Crippen LogP contribution is -2.26. The molecule has 0 aliphatic heterocycles. The van der Waals surface area contributed by atoms with Crippen LogP contribution in [0.25, 0.3) is 0 Å². The van der Waals surface area contributed by atoms with Crippen LogP contribution in [0.5, 0.6) is 5.75 Å². The van der Waals surface area contributed by atoms with E-state index < -0.39 is 0 Å². The Hall–Kier alpha value is -1.02. The second-order valence-corrected chi connectivity index (χ2v) is 5.04. The molecular formula is C14H23NO. The standard InChI is InChI=1S/C14H23NO/c1-5-11-6-7-13(16-4)12(8-11)9-14(2,3)10-15/h6-8H,5,9-10,15H2,1-4H3. The van der Waals surface area contributed by atoms with Gasteiger partial charge in [0.25, 0.3) is 0 Å². The fourth-order valence-electron chi connectivity index (χ4n) is 1.78. The van der Waals surface area contributed by atoms with E-state index in [-0.39, 0.29) is 5.41 Å². The molecule has 16 heavy (non-hydrogen) atoms. The van der Waals surface area contributed by atoms with E-state index in [1.807, 2.05) is 0 Å². The first kappa shape index (κ1) is 13.0. The van der Waals surface area contributed by atoms with E-state index in [0.717, 1.165) is 18.6 Å². The summed E-state index contributed by atoms with van der Waals surface area (Å²) >= 11 is 0. The molecule has 0 aromatic heterocycles. The molecule has 0 heterocycles. The molecule has 0 amide bonds. The predicted octanol–water partition coefficient (Wildman–Crippen LogP) is 2.79. The third-order valence-corrected chi connectivity index (χ3v) is 2.97. The van der Waals surface area contributed by atoms with Crippen molar-refractivity contribution in [1.82, 2.24) is 0 Å². The number of methoxy groups -OCH3 is 1. The van der Waals surface area contributed by atoms with Gasteiger partial charge in [-0.25, -0.2) is 0 Å². The molecule has 0 unspecified atom stereocenters. The number of hydrogen-bond donors (Lipinski definition) is 1. The molecule has 0 aliphatic rings. The maximum absolute atomic E-state index is 5.78. The lowest BCUT2D eigenvalue weighted by Gasteiger charge is -2.23. The Kier molecular flexibility index (Phi) is 4.36. The number of rotatable bonds is 5. The highest BCUT2D eigenvalue weighted by atomic mass is 16.5.